The molecule has 0 aliphatic carbocycles. The fraction of sp³-hybridized carbons (Fsp3) is 0.478. The third kappa shape index (κ3) is 6.06. The molecule has 1 N–H and O–H groups in total. The molecule has 1 aliphatic heterocycles. The maximum atomic E-state index is 6.33. The van der Waals surface area contributed by atoms with E-state index in [1.807, 2.05) is 17.1 Å². The van der Waals surface area contributed by atoms with E-state index in [-0.39, 0.29) is 5.41 Å². The monoisotopic (exact) mass is 444 g/mol. The third-order valence-corrected chi connectivity index (χ3v) is 7.01. The summed E-state index contributed by atoms with van der Waals surface area (Å²) >= 11 is 6.33. The summed E-state index contributed by atoms with van der Waals surface area (Å²) in [7, 11) is -1.06. The SMILES string of the molecule is CC(C)(C)C1=C(Nc2ccc(-c3cnn(COCC[Si](C)(C)C)c3)cc2)CN=C1Cl. The van der Waals surface area contributed by atoms with Crippen molar-refractivity contribution >= 4 is 30.5 Å². The second-order valence-electron chi connectivity index (χ2n) is 10.0. The molecule has 2 heterocycles. The van der Waals surface area contributed by atoms with Crippen molar-refractivity contribution in [3.63, 3.8) is 0 Å². The second kappa shape index (κ2) is 9.08. The Labute approximate surface area is 186 Å². The van der Waals surface area contributed by atoms with Crippen LogP contribution in [0.25, 0.3) is 11.1 Å². The first-order valence-electron chi connectivity index (χ1n) is 10.4. The van der Waals surface area contributed by atoms with Gasteiger partial charge in [-0.05, 0) is 29.2 Å². The summed E-state index contributed by atoms with van der Waals surface area (Å²) in [5.74, 6) is 0. The number of anilines is 1. The van der Waals surface area contributed by atoms with Gasteiger partial charge in [-0.2, -0.15) is 5.10 Å². The van der Waals surface area contributed by atoms with Crippen LogP contribution in [0.15, 0.2) is 52.9 Å². The number of hydrogen-bond donors (Lipinski definition) is 1. The van der Waals surface area contributed by atoms with Gasteiger partial charge in [-0.15, -0.1) is 0 Å². The standard InChI is InChI=1S/C23H33ClN4OSi/c1-23(2,3)21-20(14-25-22(21)24)27-19-9-7-17(8-10-19)18-13-26-28(15-18)16-29-11-12-30(4,5)6/h7-10,13,15,27H,11-12,14,16H2,1-6H3. The van der Waals surface area contributed by atoms with E-state index in [0.29, 0.717) is 18.4 Å². The average molecular weight is 445 g/mol. The van der Waals surface area contributed by atoms with Crippen LogP contribution >= 0.6 is 11.6 Å². The molecule has 0 atom stereocenters. The minimum absolute atomic E-state index is 0.0505. The summed E-state index contributed by atoms with van der Waals surface area (Å²) in [5.41, 5.74) is 5.34. The third-order valence-electron chi connectivity index (χ3n) is 5.00. The van der Waals surface area contributed by atoms with Crippen LogP contribution in [-0.2, 0) is 11.5 Å². The van der Waals surface area contributed by atoms with E-state index in [0.717, 1.165) is 34.7 Å². The maximum Gasteiger partial charge on any atom is 0.139 e. The highest BCUT2D eigenvalue weighted by atomic mass is 35.5. The summed E-state index contributed by atoms with van der Waals surface area (Å²) in [6.45, 7) is 15.4. The average Bonchev–Trinajstić information content (AvgIpc) is 3.25. The number of allylic oxidation sites excluding steroid dienone is 1. The zero-order valence-corrected chi connectivity index (χ0v) is 20.7. The minimum atomic E-state index is -1.06. The molecule has 7 heteroatoms. The van der Waals surface area contributed by atoms with Gasteiger partial charge in [-0.3, -0.25) is 4.99 Å². The van der Waals surface area contributed by atoms with Gasteiger partial charge >= 0.3 is 0 Å². The molecule has 3 rings (SSSR count). The molecule has 0 saturated heterocycles. The summed E-state index contributed by atoms with van der Waals surface area (Å²) in [6.07, 6.45) is 3.91. The van der Waals surface area contributed by atoms with Crippen molar-refractivity contribution < 1.29 is 4.74 Å². The van der Waals surface area contributed by atoms with Gasteiger partial charge in [0.1, 0.15) is 11.9 Å². The van der Waals surface area contributed by atoms with Crippen molar-refractivity contribution in [2.75, 3.05) is 18.5 Å². The molecule has 1 aromatic carbocycles. The molecule has 0 fully saturated rings. The second-order valence-corrected chi connectivity index (χ2v) is 16.0. The molecule has 0 saturated carbocycles. The van der Waals surface area contributed by atoms with Gasteiger partial charge in [-0.25, -0.2) is 4.68 Å². The molecule has 5 nitrogen and oxygen atoms in total. The number of nitrogens with one attached hydrogen (secondary N) is 1. The highest BCUT2D eigenvalue weighted by molar-refractivity contribution is 6.76. The molecule has 30 heavy (non-hydrogen) atoms. The molecular weight excluding hydrogens is 412 g/mol. The fourth-order valence-electron chi connectivity index (χ4n) is 3.34. The number of aromatic nitrogens is 2. The lowest BCUT2D eigenvalue weighted by Crippen LogP contribution is -2.22. The van der Waals surface area contributed by atoms with Crippen LogP contribution in [0.1, 0.15) is 20.8 Å². The van der Waals surface area contributed by atoms with Gasteiger partial charge in [0.15, 0.2) is 0 Å². The lowest BCUT2D eigenvalue weighted by Gasteiger charge is -2.22. The van der Waals surface area contributed by atoms with Gasteiger partial charge in [-0.1, -0.05) is 64.1 Å². The van der Waals surface area contributed by atoms with E-state index < -0.39 is 8.07 Å². The smallest absolute Gasteiger partial charge is 0.139 e. The van der Waals surface area contributed by atoms with E-state index in [4.69, 9.17) is 16.3 Å². The quantitative estimate of drug-likeness (QED) is 0.388. The summed E-state index contributed by atoms with van der Waals surface area (Å²) in [6, 6.07) is 9.53. The Hall–Kier alpha value is -1.89. The van der Waals surface area contributed by atoms with Crippen LogP contribution in [-0.4, -0.2) is 36.2 Å². The molecule has 0 amide bonds. The number of nitrogens with zero attached hydrogens (tertiary/aromatic N) is 3. The lowest BCUT2D eigenvalue weighted by atomic mass is 9.86. The van der Waals surface area contributed by atoms with Crippen molar-refractivity contribution in [3.05, 3.63) is 47.9 Å². The highest BCUT2D eigenvalue weighted by Crippen LogP contribution is 2.34. The summed E-state index contributed by atoms with van der Waals surface area (Å²) in [5, 5.41) is 8.54. The summed E-state index contributed by atoms with van der Waals surface area (Å²) < 4.78 is 7.63. The first-order chi connectivity index (χ1) is 14.0. The Morgan fingerprint density at radius 1 is 1.13 bits per heavy atom. The predicted molar refractivity (Wildman–Crippen MR) is 130 cm³/mol. The van der Waals surface area contributed by atoms with Crippen LogP contribution in [0.5, 0.6) is 0 Å². The van der Waals surface area contributed by atoms with Gasteiger partial charge in [0.25, 0.3) is 0 Å². The minimum Gasteiger partial charge on any atom is -0.360 e. The van der Waals surface area contributed by atoms with E-state index >= 15 is 0 Å². The highest BCUT2D eigenvalue weighted by Gasteiger charge is 2.28. The largest absolute Gasteiger partial charge is 0.360 e. The molecule has 2 aromatic rings. The van der Waals surface area contributed by atoms with Gasteiger partial charge in [0, 0.05) is 43.4 Å². The Kier molecular flexibility index (Phi) is 6.90. The first kappa shape index (κ1) is 22.8. The molecular formula is C23H33ClN4OSi. The Bertz CT molecular complexity index is 933. The fourth-order valence-corrected chi connectivity index (χ4v) is 4.55. The van der Waals surface area contributed by atoms with Crippen LogP contribution in [0, 0.1) is 5.41 Å². The Morgan fingerprint density at radius 3 is 2.47 bits per heavy atom. The number of hydrogen-bond acceptors (Lipinski definition) is 4. The number of rotatable bonds is 8. The molecule has 0 radical (unpaired) electrons. The number of aliphatic imine (C=N–C) groups is 1. The normalized spacial score (nSPS) is 15.0. The van der Waals surface area contributed by atoms with Gasteiger partial charge in [0.05, 0.1) is 12.7 Å². The van der Waals surface area contributed by atoms with E-state index in [2.05, 4.69) is 80.1 Å². The van der Waals surface area contributed by atoms with Crippen molar-refractivity contribution in [2.24, 2.45) is 10.4 Å². The van der Waals surface area contributed by atoms with Crippen molar-refractivity contribution in [2.45, 2.75) is 53.2 Å². The number of benzene rings is 1. The van der Waals surface area contributed by atoms with Gasteiger partial charge in [0.2, 0.25) is 0 Å². The predicted octanol–water partition coefficient (Wildman–Crippen LogP) is 6.23. The number of ether oxygens (including phenoxy) is 1. The summed E-state index contributed by atoms with van der Waals surface area (Å²) in [4.78, 5) is 4.40. The first-order valence-corrected chi connectivity index (χ1v) is 14.5. The van der Waals surface area contributed by atoms with Crippen LogP contribution < -0.4 is 5.32 Å². The molecule has 0 bridgehead atoms. The van der Waals surface area contributed by atoms with Crippen molar-refractivity contribution in [3.8, 4) is 11.1 Å². The molecule has 0 spiro atoms. The van der Waals surface area contributed by atoms with E-state index in [1.54, 1.807) is 0 Å². The zero-order chi connectivity index (χ0) is 21.9. The molecule has 0 unspecified atom stereocenters. The Balaban J connectivity index is 1.61. The maximum absolute atomic E-state index is 6.33. The lowest BCUT2D eigenvalue weighted by molar-refractivity contribution is 0.0786. The van der Waals surface area contributed by atoms with Crippen molar-refractivity contribution in [1.29, 1.82) is 0 Å². The number of halogens is 1. The Morgan fingerprint density at radius 2 is 1.83 bits per heavy atom. The van der Waals surface area contributed by atoms with Crippen molar-refractivity contribution in [1.82, 2.24) is 9.78 Å². The zero-order valence-electron chi connectivity index (χ0n) is 18.9. The topological polar surface area (TPSA) is 51.4 Å². The van der Waals surface area contributed by atoms with Crippen LogP contribution in [0.2, 0.25) is 25.7 Å². The van der Waals surface area contributed by atoms with Crippen LogP contribution in [0.3, 0.4) is 0 Å². The molecule has 1 aliphatic rings. The van der Waals surface area contributed by atoms with Crippen LogP contribution in [0.4, 0.5) is 5.69 Å². The van der Waals surface area contributed by atoms with E-state index in [9.17, 15) is 0 Å². The molecule has 1 aromatic heterocycles. The van der Waals surface area contributed by atoms with Gasteiger partial charge < -0.3 is 10.1 Å². The molecule has 162 valence electrons. The van der Waals surface area contributed by atoms with E-state index in [1.165, 1.54) is 6.04 Å².